The van der Waals surface area contributed by atoms with Crippen LogP contribution < -0.4 is 9.80 Å². The molecule has 6 nitrogen and oxygen atoms in total. The van der Waals surface area contributed by atoms with Crippen molar-refractivity contribution in [1.82, 2.24) is 0 Å². The molecule has 1 atom stereocenters. The van der Waals surface area contributed by atoms with Crippen molar-refractivity contribution in [3.63, 3.8) is 0 Å². The molecular formula is C28H23N3O3. The number of fused-ring (bicyclic) bond motifs is 1. The third kappa shape index (κ3) is 3.90. The number of nitrogens with zero attached hydrogens (tertiary/aromatic N) is 3. The number of amides is 1. The van der Waals surface area contributed by atoms with Crippen molar-refractivity contribution in [2.45, 2.75) is 19.6 Å². The average Bonchev–Trinajstić information content (AvgIpc) is 2.87. The molecular weight excluding hydrogens is 426 g/mol. The first-order valence-corrected chi connectivity index (χ1v) is 11.1. The summed E-state index contributed by atoms with van der Waals surface area (Å²) >= 11 is 0. The van der Waals surface area contributed by atoms with E-state index >= 15 is 0 Å². The lowest BCUT2D eigenvalue weighted by Crippen LogP contribution is -2.49. The van der Waals surface area contributed by atoms with Gasteiger partial charge in [0.2, 0.25) is 0 Å². The largest absolute Gasteiger partial charge is 0.342 e. The number of non-ortho nitro benzene ring substituents is 1. The highest BCUT2D eigenvalue weighted by Crippen LogP contribution is 2.42. The molecule has 168 valence electrons. The summed E-state index contributed by atoms with van der Waals surface area (Å²) in [6, 6.07) is 31.9. The number of rotatable bonds is 5. The number of aryl methyl sites for hydroxylation is 1. The van der Waals surface area contributed by atoms with E-state index in [4.69, 9.17) is 0 Å². The van der Waals surface area contributed by atoms with Crippen LogP contribution in [0.5, 0.6) is 0 Å². The van der Waals surface area contributed by atoms with Crippen molar-refractivity contribution in [3.8, 4) is 0 Å². The monoisotopic (exact) mass is 449 g/mol. The highest BCUT2D eigenvalue weighted by atomic mass is 16.6. The van der Waals surface area contributed by atoms with E-state index < -0.39 is 11.1 Å². The molecule has 0 unspecified atom stereocenters. The molecule has 0 fully saturated rings. The maximum atomic E-state index is 13.9. The normalized spacial score (nSPS) is 15.2. The van der Waals surface area contributed by atoms with Crippen LogP contribution in [0.25, 0.3) is 0 Å². The number of carbonyl (C=O) groups excluding carboxylic acids is 1. The molecule has 1 amide bonds. The minimum Gasteiger partial charge on any atom is -0.342 e. The van der Waals surface area contributed by atoms with Crippen LogP contribution in [0.15, 0.2) is 103 Å². The van der Waals surface area contributed by atoms with Gasteiger partial charge in [0, 0.05) is 29.9 Å². The van der Waals surface area contributed by atoms with E-state index in [1.165, 1.54) is 6.07 Å². The van der Waals surface area contributed by atoms with Gasteiger partial charge in [-0.05, 0) is 36.8 Å². The van der Waals surface area contributed by atoms with Crippen molar-refractivity contribution < 1.29 is 9.72 Å². The SMILES string of the molecule is Cc1ccc(N2C(=O)c3ccccc3N(Cc3ccccc3)[C@@H]2c2cccc([N+](=O)[O-])c2)cc1. The fourth-order valence-corrected chi connectivity index (χ4v) is 4.46. The molecule has 0 spiro atoms. The van der Waals surface area contributed by atoms with Crippen LogP contribution in [-0.4, -0.2) is 10.8 Å². The Hall–Kier alpha value is -4.45. The first-order valence-electron chi connectivity index (χ1n) is 11.1. The molecule has 0 N–H and O–H groups in total. The van der Waals surface area contributed by atoms with E-state index in [1.54, 1.807) is 17.0 Å². The van der Waals surface area contributed by atoms with Gasteiger partial charge in [-0.3, -0.25) is 19.8 Å². The van der Waals surface area contributed by atoms with Crippen LogP contribution >= 0.6 is 0 Å². The molecule has 1 aliphatic heterocycles. The Labute approximate surface area is 197 Å². The molecule has 0 saturated heterocycles. The maximum Gasteiger partial charge on any atom is 0.269 e. The molecule has 1 heterocycles. The summed E-state index contributed by atoms with van der Waals surface area (Å²) in [5.74, 6) is -0.139. The molecule has 0 aliphatic carbocycles. The van der Waals surface area contributed by atoms with Gasteiger partial charge in [-0.1, -0.05) is 72.3 Å². The minimum atomic E-state index is -0.565. The molecule has 4 aromatic carbocycles. The zero-order valence-electron chi connectivity index (χ0n) is 18.7. The van der Waals surface area contributed by atoms with Crippen LogP contribution in [0.3, 0.4) is 0 Å². The number of hydrogen-bond acceptors (Lipinski definition) is 4. The average molecular weight is 450 g/mol. The Morgan fingerprint density at radius 2 is 1.56 bits per heavy atom. The van der Waals surface area contributed by atoms with Crippen LogP contribution in [0.2, 0.25) is 0 Å². The maximum absolute atomic E-state index is 13.9. The fourth-order valence-electron chi connectivity index (χ4n) is 4.46. The zero-order chi connectivity index (χ0) is 23.7. The number of anilines is 2. The summed E-state index contributed by atoms with van der Waals surface area (Å²) < 4.78 is 0. The molecule has 0 saturated carbocycles. The van der Waals surface area contributed by atoms with Crippen molar-refractivity contribution in [2.75, 3.05) is 9.80 Å². The summed E-state index contributed by atoms with van der Waals surface area (Å²) in [7, 11) is 0. The predicted octanol–water partition coefficient (Wildman–Crippen LogP) is 6.27. The molecule has 5 rings (SSSR count). The van der Waals surface area contributed by atoms with Crippen molar-refractivity contribution in [1.29, 1.82) is 0 Å². The second-order valence-electron chi connectivity index (χ2n) is 8.37. The number of nitro groups is 1. The lowest BCUT2D eigenvalue weighted by molar-refractivity contribution is -0.384. The van der Waals surface area contributed by atoms with E-state index in [-0.39, 0.29) is 11.6 Å². The van der Waals surface area contributed by atoms with E-state index in [9.17, 15) is 14.9 Å². The van der Waals surface area contributed by atoms with Crippen molar-refractivity contribution in [3.05, 3.63) is 135 Å². The quantitative estimate of drug-likeness (QED) is 0.266. The number of para-hydroxylation sites is 1. The topological polar surface area (TPSA) is 66.7 Å². The summed E-state index contributed by atoms with van der Waals surface area (Å²) in [5, 5.41) is 11.6. The Kier molecular flexibility index (Phi) is 5.55. The third-order valence-electron chi connectivity index (χ3n) is 6.09. The number of benzene rings is 4. The lowest BCUT2D eigenvalue weighted by Gasteiger charge is -2.46. The first kappa shape index (κ1) is 21.4. The van der Waals surface area contributed by atoms with Crippen molar-refractivity contribution in [2.24, 2.45) is 0 Å². The molecule has 4 aromatic rings. The fraction of sp³-hybridized carbons (Fsp3) is 0.107. The van der Waals surface area contributed by atoms with Crippen LogP contribution in [-0.2, 0) is 6.54 Å². The molecule has 6 heteroatoms. The molecule has 0 bridgehead atoms. The molecule has 0 aromatic heterocycles. The van der Waals surface area contributed by atoms with Gasteiger partial charge in [-0.2, -0.15) is 0 Å². The number of nitro benzene ring substituents is 1. The molecule has 0 radical (unpaired) electrons. The first-order chi connectivity index (χ1) is 16.5. The number of carbonyl (C=O) groups is 1. The zero-order valence-corrected chi connectivity index (χ0v) is 18.7. The Balaban J connectivity index is 1.74. The van der Waals surface area contributed by atoms with E-state index in [2.05, 4.69) is 4.90 Å². The highest BCUT2D eigenvalue weighted by Gasteiger charge is 2.39. The third-order valence-corrected chi connectivity index (χ3v) is 6.09. The summed E-state index contributed by atoms with van der Waals surface area (Å²) in [5.41, 5.74) is 4.96. The van der Waals surface area contributed by atoms with Gasteiger partial charge < -0.3 is 4.90 Å². The van der Waals surface area contributed by atoms with Crippen LogP contribution in [0.1, 0.15) is 33.2 Å². The second-order valence-corrected chi connectivity index (χ2v) is 8.37. The van der Waals surface area contributed by atoms with Crippen molar-refractivity contribution >= 4 is 23.0 Å². The Morgan fingerprint density at radius 3 is 2.29 bits per heavy atom. The second kappa shape index (κ2) is 8.83. The van der Waals surface area contributed by atoms with E-state index in [0.717, 1.165) is 22.5 Å². The Morgan fingerprint density at radius 1 is 0.853 bits per heavy atom. The van der Waals surface area contributed by atoms with E-state index in [0.29, 0.717) is 17.7 Å². The summed E-state index contributed by atoms with van der Waals surface area (Å²) in [6.45, 7) is 2.53. The molecule has 1 aliphatic rings. The minimum absolute atomic E-state index is 0.00711. The molecule has 34 heavy (non-hydrogen) atoms. The van der Waals surface area contributed by atoms with Gasteiger partial charge in [0.1, 0.15) is 6.17 Å². The smallest absolute Gasteiger partial charge is 0.269 e. The van der Waals surface area contributed by atoms with Crippen LogP contribution in [0.4, 0.5) is 17.1 Å². The summed E-state index contributed by atoms with van der Waals surface area (Å²) in [4.78, 5) is 28.9. The van der Waals surface area contributed by atoms with Gasteiger partial charge in [-0.15, -0.1) is 0 Å². The standard InChI is InChI=1S/C28H23N3O3/c1-20-14-16-23(17-15-20)30-27(22-10-7-11-24(18-22)31(33)34)29(19-21-8-3-2-4-9-21)26-13-6-5-12-25(26)28(30)32/h2-18,27H,19H2,1H3/t27-/m0/s1. The lowest BCUT2D eigenvalue weighted by atomic mass is 9.98. The van der Waals surface area contributed by atoms with Gasteiger partial charge in [0.15, 0.2) is 0 Å². The van der Waals surface area contributed by atoms with Gasteiger partial charge in [0.05, 0.1) is 16.2 Å². The van der Waals surface area contributed by atoms with E-state index in [1.807, 2.05) is 91.9 Å². The van der Waals surface area contributed by atoms with Crippen LogP contribution in [0, 0.1) is 17.0 Å². The summed E-state index contributed by atoms with van der Waals surface area (Å²) in [6.07, 6.45) is -0.565. The van der Waals surface area contributed by atoms with Gasteiger partial charge in [-0.25, -0.2) is 0 Å². The predicted molar refractivity (Wildman–Crippen MR) is 133 cm³/mol. The van der Waals surface area contributed by atoms with Gasteiger partial charge >= 0.3 is 0 Å². The Bertz CT molecular complexity index is 1350. The number of hydrogen-bond donors (Lipinski definition) is 0. The highest BCUT2D eigenvalue weighted by molar-refractivity contribution is 6.12. The van der Waals surface area contributed by atoms with Gasteiger partial charge in [0.25, 0.3) is 11.6 Å².